The molecule has 1 N–H and O–H groups in total. The number of methoxy groups -OCH3 is 2. The van der Waals surface area contributed by atoms with Gasteiger partial charge >= 0.3 is 0 Å². The van der Waals surface area contributed by atoms with Crippen LogP contribution in [0, 0.1) is 5.82 Å². The van der Waals surface area contributed by atoms with Gasteiger partial charge in [-0.1, -0.05) is 43.1 Å². The number of halogens is 3. The summed E-state index contributed by atoms with van der Waals surface area (Å²) in [5, 5.41) is 3.49. The molecule has 3 aromatic rings. The Bertz CT molecular complexity index is 1570. The number of sulfonamides is 1. The molecule has 3 aromatic carbocycles. The number of hydrogen-bond donors (Lipinski definition) is 1. The van der Waals surface area contributed by atoms with E-state index in [4.69, 9.17) is 32.7 Å². The first kappa shape index (κ1) is 34.9. The molecule has 0 aromatic heterocycles. The Labute approximate surface area is 267 Å². The number of nitrogens with one attached hydrogen (secondary N) is 1. The molecular weight excluding hydrogens is 632 g/mol. The van der Waals surface area contributed by atoms with E-state index in [1.54, 1.807) is 25.1 Å². The fourth-order valence-corrected chi connectivity index (χ4v) is 6.19. The summed E-state index contributed by atoms with van der Waals surface area (Å²) in [5.41, 5.74) is 0.625. The summed E-state index contributed by atoms with van der Waals surface area (Å²) in [4.78, 5) is 28.7. The van der Waals surface area contributed by atoms with E-state index in [0.29, 0.717) is 22.8 Å². The van der Waals surface area contributed by atoms with Crippen LogP contribution in [0.1, 0.15) is 39.2 Å². The molecule has 238 valence electrons. The molecule has 13 heteroatoms. The molecule has 0 fully saturated rings. The van der Waals surface area contributed by atoms with Gasteiger partial charge in [0, 0.05) is 18.7 Å². The maximum absolute atomic E-state index is 14.2. The van der Waals surface area contributed by atoms with Crippen LogP contribution in [0.2, 0.25) is 10.0 Å². The van der Waals surface area contributed by atoms with E-state index in [2.05, 4.69) is 5.32 Å². The minimum Gasteiger partial charge on any atom is -0.493 e. The van der Waals surface area contributed by atoms with E-state index < -0.39 is 34.3 Å². The summed E-state index contributed by atoms with van der Waals surface area (Å²) in [6.45, 7) is 4.77. The van der Waals surface area contributed by atoms with Crippen molar-refractivity contribution in [2.24, 2.45) is 0 Å². The summed E-state index contributed by atoms with van der Waals surface area (Å²) in [7, 11) is -1.64. The number of benzene rings is 3. The van der Waals surface area contributed by atoms with Crippen LogP contribution in [0.15, 0.2) is 65.6 Å². The quantitative estimate of drug-likeness (QED) is 0.224. The standard InChI is InChI=1S/C31H36Cl2FN3O6S/c1-6-20(3)35-31(39)27(7-2)36(18-21-8-14-25(32)26(33)16-21)30(38)19-37(23-11-9-22(34)10-12-23)44(40,41)24-13-15-28(42-4)29(17-24)43-5/h8-17,20,27H,6-7,18-19H2,1-5H3,(H,35,39)/t20-,27+/m1/s1. The van der Waals surface area contributed by atoms with E-state index in [-0.39, 0.29) is 46.3 Å². The SMILES string of the molecule is CC[C@@H](C)NC(=O)[C@H](CC)N(Cc1ccc(Cl)c(Cl)c1)C(=O)CN(c1ccc(F)cc1)S(=O)(=O)c1ccc(OC)c(OC)c1. The lowest BCUT2D eigenvalue weighted by Crippen LogP contribution is -2.53. The number of carbonyl (C=O) groups is 2. The highest BCUT2D eigenvalue weighted by Gasteiger charge is 2.34. The van der Waals surface area contributed by atoms with Crippen LogP contribution >= 0.6 is 23.2 Å². The van der Waals surface area contributed by atoms with E-state index >= 15 is 0 Å². The molecule has 0 saturated carbocycles. The normalized spacial score (nSPS) is 12.6. The van der Waals surface area contributed by atoms with Crippen molar-refractivity contribution in [3.05, 3.63) is 82.1 Å². The van der Waals surface area contributed by atoms with Crippen LogP contribution in [-0.4, -0.2) is 58.0 Å². The lowest BCUT2D eigenvalue weighted by molar-refractivity contribution is -0.140. The summed E-state index contributed by atoms with van der Waals surface area (Å²) < 4.78 is 53.5. The van der Waals surface area contributed by atoms with Gasteiger partial charge in [0.15, 0.2) is 11.5 Å². The second-order valence-electron chi connectivity index (χ2n) is 10.0. The van der Waals surface area contributed by atoms with Gasteiger partial charge < -0.3 is 19.7 Å². The minimum atomic E-state index is -4.43. The van der Waals surface area contributed by atoms with Gasteiger partial charge in [-0.25, -0.2) is 12.8 Å². The molecule has 0 heterocycles. The van der Waals surface area contributed by atoms with Crippen molar-refractivity contribution < 1.29 is 31.9 Å². The van der Waals surface area contributed by atoms with Crippen molar-refractivity contribution in [1.82, 2.24) is 10.2 Å². The molecule has 0 spiro atoms. The fourth-order valence-electron chi connectivity index (χ4n) is 4.44. The number of amides is 2. The second-order valence-corrected chi connectivity index (χ2v) is 12.7. The number of rotatable bonds is 14. The lowest BCUT2D eigenvalue weighted by Gasteiger charge is -2.33. The van der Waals surface area contributed by atoms with Gasteiger partial charge in [-0.3, -0.25) is 13.9 Å². The van der Waals surface area contributed by atoms with Crippen LogP contribution in [0.4, 0.5) is 10.1 Å². The van der Waals surface area contributed by atoms with Crippen molar-refractivity contribution in [2.75, 3.05) is 25.1 Å². The first-order chi connectivity index (χ1) is 20.9. The first-order valence-corrected chi connectivity index (χ1v) is 16.1. The van der Waals surface area contributed by atoms with Crippen LogP contribution in [0.5, 0.6) is 11.5 Å². The van der Waals surface area contributed by atoms with Crippen LogP contribution < -0.4 is 19.1 Å². The highest BCUT2D eigenvalue weighted by molar-refractivity contribution is 7.92. The molecule has 0 radical (unpaired) electrons. The third-order valence-corrected chi connectivity index (χ3v) is 9.57. The number of nitrogens with zero attached hydrogens (tertiary/aromatic N) is 2. The third kappa shape index (κ3) is 8.34. The van der Waals surface area contributed by atoms with Gasteiger partial charge in [-0.05, 0) is 73.9 Å². The monoisotopic (exact) mass is 667 g/mol. The number of carbonyl (C=O) groups excluding carboxylic acids is 2. The molecule has 2 amide bonds. The first-order valence-electron chi connectivity index (χ1n) is 13.9. The molecule has 0 bridgehead atoms. The third-order valence-electron chi connectivity index (χ3n) is 7.06. The van der Waals surface area contributed by atoms with Gasteiger partial charge in [-0.2, -0.15) is 0 Å². The molecule has 44 heavy (non-hydrogen) atoms. The Morgan fingerprint density at radius 1 is 0.909 bits per heavy atom. The molecule has 0 aliphatic carbocycles. The van der Waals surface area contributed by atoms with Gasteiger partial charge in [0.1, 0.15) is 18.4 Å². The zero-order valence-electron chi connectivity index (χ0n) is 25.1. The topological polar surface area (TPSA) is 105 Å². The second kappa shape index (κ2) is 15.5. The Morgan fingerprint density at radius 2 is 1.57 bits per heavy atom. The molecule has 9 nitrogen and oxygen atoms in total. The summed E-state index contributed by atoms with van der Waals surface area (Å²) in [5.74, 6) is -1.17. The maximum atomic E-state index is 14.2. The Hall–Kier alpha value is -3.54. The predicted molar refractivity (Wildman–Crippen MR) is 169 cm³/mol. The summed E-state index contributed by atoms with van der Waals surface area (Å²) in [6, 6.07) is 12.5. The van der Waals surface area contributed by atoms with Crippen LogP contribution in [-0.2, 0) is 26.2 Å². The van der Waals surface area contributed by atoms with E-state index in [0.717, 1.165) is 16.4 Å². The molecular formula is C31H36Cl2FN3O6S. The number of ether oxygens (including phenoxy) is 2. The molecule has 3 rings (SSSR count). The highest BCUT2D eigenvalue weighted by atomic mass is 35.5. The van der Waals surface area contributed by atoms with E-state index in [1.807, 2.05) is 13.8 Å². The van der Waals surface area contributed by atoms with Crippen molar-refractivity contribution in [2.45, 2.75) is 57.1 Å². The van der Waals surface area contributed by atoms with E-state index in [1.165, 1.54) is 49.5 Å². The van der Waals surface area contributed by atoms with Crippen molar-refractivity contribution in [1.29, 1.82) is 0 Å². The number of hydrogen-bond acceptors (Lipinski definition) is 6. The van der Waals surface area contributed by atoms with Crippen LogP contribution in [0.25, 0.3) is 0 Å². The van der Waals surface area contributed by atoms with E-state index in [9.17, 15) is 22.4 Å². The van der Waals surface area contributed by atoms with Crippen molar-refractivity contribution in [3.63, 3.8) is 0 Å². The molecule has 0 unspecified atom stereocenters. The zero-order chi connectivity index (χ0) is 32.6. The highest BCUT2D eigenvalue weighted by Crippen LogP contribution is 2.33. The minimum absolute atomic E-state index is 0.0427. The predicted octanol–water partition coefficient (Wildman–Crippen LogP) is 6.07. The fraction of sp³-hybridized carbons (Fsp3) is 0.355. The largest absolute Gasteiger partial charge is 0.493 e. The zero-order valence-corrected chi connectivity index (χ0v) is 27.5. The summed E-state index contributed by atoms with van der Waals surface area (Å²) >= 11 is 12.3. The molecule has 0 aliphatic rings. The maximum Gasteiger partial charge on any atom is 0.264 e. The lowest BCUT2D eigenvalue weighted by atomic mass is 10.1. The Balaban J connectivity index is 2.11. The van der Waals surface area contributed by atoms with Crippen molar-refractivity contribution >= 4 is 50.7 Å². The summed E-state index contributed by atoms with van der Waals surface area (Å²) in [6.07, 6.45) is 0.916. The Morgan fingerprint density at radius 3 is 2.14 bits per heavy atom. The average molecular weight is 669 g/mol. The van der Waals surface area contributed by atoms with Gasteiger partial charge in [-0.15, -0.1) is 0 Å². The van der Waals surface area contributed by atoms with Gasteiger partial charge in [0.25, 0.3) is 10.0 Å². The van der Waals surface area contributed by atoms with Crippen LogP contribution in [0.3, 0.4) is 0 Å². The Kier molecular flexibility index (Phi) is 12.3. The van der Waals surface area contributed by atoms with Crippen molar-refractivity contribution in [3.8, 4) is 11.5 Å². The van der Waals surface area contributed by atoms with Gasteiger partial charge in [0.05, 0.1) is 34.8 Å². The molecule has 0 saturated heterocycles. The number of anilines is 1. The average Bonchev–Trinajstić information content (AvgIpc) is 3.01. The molecule has 0 aliphatic heterocycles. The van der Waals surface area contributed by atoms with Gasteiger partial charge in [0.2, 0.25) is 11.8 Å². The molecule has 2 atom stereocenters. The smallest absolute Gasteiger partial charge is 0.264 e.